The maximum atomic E-state index is 5.73. The Labute approximate surface area is 120 Å². The molecular formula is C14H21Cl2NO. The Kier molecular flexibility index (Phi) is 7.48. The van der Waals surface area contributed by atoms with E-state index in [0.29, 0.717) is 5.88 Å². The van der Waals surface area contributed by atoms with Crippen LogP contribution in [0.5, 0.6) is 5.75 Å². The average Bonchev–Trinajstić information content (AvgIpc) is 2.88. The standard InChI is InChI=1S/C14H20ClNO.ClH/c15-11-12-5-7-14(8-6-12)17-10-9-16-13-3-1-2-4-13;/h5-8,13,16H,1-4,9-11H2;1H. The molecule has 18 heavy (non-hydrogen) atoms. The molecule has 0 heterocycles. The van der Waals surface area contributed by atoms with Crippen molar-refractivity contribution in [1.82, 2.24) is 5.32 Å². The fraction of sp³-hybridized carbons (Fsp3) is 0.571. The van der Waals surface area contributed by atoms with E-state index in [4.69, 9.17) is 16.3 Å². The third-order valence-electron chi connectivity index (χ3n) is 3.24. The van der Waals surface area contributed by atoms with Crippen molar-refractivity contribution in [3.8, 4) is 5.75 Å². The second-order valence-electron chi connectivity index (χ2n) is 4.56. The van der Waals surface area contributed by atoms with Gasteiger partial charge in [-0.3, -0.25) is 0 Å². The lowest BCUT2D eigenvalue weighted by Crippen LogP contribution is -2.30. The average molecular weight is 290 g/mol. The molecule has 0 unspecified atom stereocenters. The third-order valence-corrected chi connectivity index (χ3v) is 3.55. The molecule has 0 saturated heterocycles. The van der Waals surface area contributed by atoms with Crippen LogP contribution in [-0.4, -0.2) is 19.2 Å². The molecule has 2 rings (SSSR count). The monoisotopic (exact) mass is 289 g/mol. The van der Waals surface area contributed by atoms with E-state index >= 15 is 0 Å². The minimum Gasteiger partial charge on any atom is -0.492 e. The highest BCUT2D eigenvalue weighted by molar-refractivity contribution is 6.17. The smallest absolute Gasteiger partial charge is 0.119 e. The predicted octanol–water partition coefficient (Wildman–Crippen LogP) is 3.76. The number of rotatable bonds is 6. The Morgan fingerprint density at radius 2 is 1.83 bits per heavy atom. The molecule has 1 aliphatic carbocycles. The summed E-state index contributed by atoms with van der Waals surface area (Å²) in [7, 11) is 0. The van der Waals surface area contributed by atoms with Crippen LogP contribution >= 0.6 is 24.0 Å². The van der Waals surface area contributed by atoms with E-state index in [9.17, 15) is 0 Å². The van der Waals surface area contributed by atoms with Gasteiger partial charge in [-0.2, -0.15) is 0 Å². The summed E-state index contributed by atoms with van der Waals surface area (Å²) in [5.74, 6) is 1.48. The number of ether oxygens (including phenoxy) is 1. The van der Waals surface area contributed by atoms with Crippen LogP contribution in [0.3, 0.4) is 0 Å². The van der Waals surface area contributed by atoms with Gasteiger partial charge in [0.15, 0.2) is 0 Å². The van der Waals surface area contributed by atoms with Crippen molar-refractivity contribution in [3.05, 3.63) is 29.8 Å². The van der Waals surface area contributed by atoms with E-state index in [1.54, 1.807) is 0 Å². The van der Waals surface area contributed by atoms with Crippen molar-refractivity contribution in [3.63, 3.8) is 0 Å². The Balaban J connectivity index is 0.00000162. The van der Waals surface area contributed by atoms with Crippen LogP contribution in [0.1, 0.15) is 31.2 Å². The van der Waals surface area contributed by atoms with Gasteiger partial charge < -0.3 is 10.1 Å². The van der Waals surface area contributed by atoms with Crippen molar-refractivity contribution in [2.45, 2.75) is 37.6 Å². The largest absolute Gasteiger partial charge is 0.492 e. The second kappa shape index (κ2) is 8.63. The lowest BCUT2D eigenvalue weighted by Gasteiger charge is -2.12. The van der Waals surface area contributed by atoms with Gasteiger partial charge in [-0.15, -0.1) is 24.0 Å². The molecule has 0 amide bonds. The van der Waals surface area contributed by atoms with Gasteiger partial charge in [0, 0.05) is 18.5 Å². The van der Waals surface area contributed by atoms with Crippen LogP contribution in [-0.2, 0) is 5.88 Å². The number of alkyl halides is 1. The molecule has 1 N–H and O–H groups in total. The zero-order valence-electron chi connectivity index (χ0n) is 10.5. The summed E-state index contributed by atoms with van der Waals surface area (Å²) in [4.78, 5) is 0. The molecule has 0 atom stereocenters. The molecule has 102 valence electrons. The lowest BCUT2D eigenvalue weighted by atomic mass is 10.2. The van der Waals surface area contributed by atoms with Crippen molar-refractivity contribution < 1.29 is 4.74 Å². The van der Waals surface area contributed by atoms with Crippen LogP contribution in [0, 0.1) is 0 Å². The Morgan fingerprint density at radius 1 is 1.17 bits per heavy atom. The van der Waals surface area contributed by atoms with Gasteiger partial charge in [0.1, 0.15) is 12.4 Å². The Morgan fingerprint density at radius 3 is 2.44 bits per heavy atom. The SMILES string of the molecule is Cl.ClCc1ccc(OCCNC2CCCC2)cc1. The normalized spacial score (nSPS) is 15.4. The molecule has 4 heteroatoms. The molecule has 1 fully saturated rings. The summed E-state index contributed by atoms with van der Waals surface area (Å²) in [5, 5.41) is 3.53. The zero-order chi connectivity index (χ0) is 11.9. The van der Waals surface area contributed by atoms with Gasteiger partial charge in [0.05, 0.1) is 0 Å². The second-order valence-corrected chi connectivity index (χ2v) is 4.83. The highest BCUT2D eigenvalue weighted by atomic mass is 35.5. The maximum absolute atomic E-state index is 5.73. The molecule has 1 aromatic carbocycles. The number of halogens is 2. The van der Waals surface area contributed by atoms with Gasteiger partial charge in [0.2, 0.25) is 0 Å². The van der Waals surface area contributed by atoms with E-state index < -0.39 is 0 Å². The number of benzene rings is 1. The van der Waals surface area contributed by atoms with Crippen LogP contribution in [0.15, 0.2) is 24.3 Å². The van der Waals surface area contributed by atoms with Crippen molar-refractivity contribution in [2.24, 2.45) is 0 Å². The summed E-state index contributed by atoms with van der Waals surface area (Å²) in [6.45, 7) is 1.67. The summed E-state index contributed by atoms with van der Waals surface area (Å²) in [5.41, 5.74) is 1.13. The lowest BCUT2D eigenvalue weighted by molar-refractivity contribution is 0.305. The molecule has 0 radical (unpaired) electrons. The van der Waals surface area contributed by atoms with Gasteiger partial charge in [-0.25, -0.2) is 0 Å². The fourth-order valence-corrected chi connectivity index (χ4v) is 2.41. The first-order valence-electron chi connectivity index (χ1n) is 6.39. The first kappa shape index (κ1) is 15.6. The van der Waals surface area contributed by atoms with Crippen molar-refractivity contribution in [1.29, 1.82) is 0 Å². The molecule has 0 bridgehead atoms. The van der Waals surface area contributed by atoms with E-state index in [-0.39, 0.29) is 12.4 Å². The minimum atomic E-state index is 0. The summed E-state index contributed by atoms with van der Waals surface area (Å²) in [6.07, 6.45) is 5.39. The highest BCUT2D eigenvalue weighted by Crippen LogP contribution is 2.17. The molecule has 1 saturated carbocycles. The van der Waals surface area contributed by atoms with Crippen LogP contribution in [0.25, 0.3) is 0 Å². The maximum Gasteiger partial charge on any atom is 0.119 e. The fourth-order valence-electron chi connectivity index (χ4n) is 2.24. The van der Waals surface area contributed by atoms with E-state index in [0.717, 1.165) is 30.5 Å². The number of nitrogens with one attached hydrogen (secondary N) is 1. The zero-order valence-corrected chi connectivity index (χ0v) is 12.1. The summed E-state index contributed by atoms with van der Waals surface area (Å²) >= 11 is 5.73. The van der Waals surface area contributed by atoms with Crippen LogP contribution < -0.4 is 10.1 Å². The molecule has 1 aliphatic rings. The van der Waals surface area contributed by atoms with Gasteiger partial charge in [0.25, 0.3) is 0 Å². The molecule has 0 aliphatic heterocycles. The molecule has 2 nitrogen and oxygen atoms in total. The topological polar surface area (TPSA) is 21.3 Å². The first-order chi connectivity index (χ1) is 8.38. The van der Waals surface area contributed by atoms with E-state index in [2.05, 4.69) is 5.32 Å². The van der Waals surface area contributed by atoms with Crippen molar-refractivity contribution >= 4 is 24.0 Å². The van der Waals surface area contributed by atoms with Crippen molar-refractivity contribution in [2.75, 3.05) is 13.2 Å². The van der Waals surface area contributed by atoms with Crippen LogP contribution in [0.2, 0.25) is 0 Å². The summed E-state index contributed by atoms with van der Waals surface area (Å²) in [6, 6.07) is 8.69. The molecule has 0 spiro atoms. The molecule has 1 aromatic rings. The highest BCUT2D eigenvalue weighted by Gasteiger charge is 2.13. The Hall–Kier alpha value is -0.440. The Bertz CT molecular complexity index is 323. The minimum absolute atomic E-state index is 0. The first-order valence-corrected chi connectivity index (χ1v) is 6.93. The quantitative estimate of drug-likeness (QED) is 0.636. The van der Waals surface area contributed by atoms with Gasteiger partial charge in [-0.1, -0.05) is 25.0 Å². The number of hydrogen-bond acceptors (Lipinski definition) is 2. The van der Waals surface area contributed by atoms with E-state index in [1.165, 1.54) is 25.7 Å². The number of hydrogen-bond donors (Lipinski definition) is 1. The van der Waals surface area contributed by atoms with Gasteiger partial charge >= 0.3 is 0 Å². The van der Waals surface area contributed by atoms with Gasteiger partial charge in [-0.05, 0) is 30.5 Å². The van der Waals surface area contributed by atoms with Crippen LogP contribution in [0.4, 0.5) is 0 Å². The molecular weight excluding hydrogens is 269 g/mol. The van der Waals surface area contributed by atoms with E-state index in [1.807, 2.05) is 24.3 Å². The summed E-state index contributed by atoms with van der Waals surface area (Å²) < 4.78 is 5.66. The predicted molar refractivity (Wildman–Crippen MR) is 79.0 cm³/mol. The molecule has 0 aromatic heterocycles. The third kappa shape index (κ3) is 5.05.